The average Bonchev–Trinajstić information content (AvgIpc) is 3.46. The summed E-state index contributed by atoms with van der Waals surface area (Å²) in [5, 5.41) is 17.4. The number of nitrogens with one attached hydrogen (secondary N) is 2. The van der Waals surface area contributed by atoms with Crippen LogP contribution in [0, 0.1) is 0 Å². The highest BCUT2D eigenvalue weighted by atomic mass is 35.5. The second-order valence-corrected chi connectivity index (χ2v) is 10.3. The van der Waals surface area contributed by atoms with Crippen molar-refractivity contribution in [3.05, 3.63) is 58.4 Å². The maximum absolute atomic E-state index is 13.0. The lowest BCUT2D eigenvalue weighted by atomic mass is 9.99. The van der Waals surface area contributed by atoms with Crippen LogP contribution >= 0.6 is 11.6 Å². The summed E-state index contributed by atoms with van der Waals surface area (Å²) in [5.41, 5.74) is 2.37. The Bertz CT molecular complexity index is 1300. The molecule has 1 amide bonds. The topological polar surface area (TPSA) is 138 Å². The molecule has 1 atom stereocenters. The number of hydrogen-bond donors (Lipinski definition) is 3. The highest BCUT2D eigenvalue weighted by Gasteiger charge is 2.24. The highest BCUT2D eigenvalue weighted by Crippen LogP contribution is 2.34. The summed E-state index contributed by atoms with van der Waals surface area (Å²) in [7, 11) is 1.87. The van der Waals surface area contributed by atoms with E-state index in [2.05, 4.69) is 30.5 Å². The molecule has 0 saturated carbocycles. The third-order valence-corrected chi connectivity index (χ3v) is 7.36. The Labute approximate surface area is 237 Å². The molecule has 2 aliphatic rings. The zero-order valence-corrected chi connectivity index (χ0v) is 23.4. The summed E-state index contributed by atoms with van der Waals surface area (Å²) in [4.78, 5) is 29.8. The van der Waals surface area contributed by atoms with Gasteiger partial charge in [-0.1, -0.05) is 17.7 Å². The maximum Gasteiger partial charge on any atom is 0.270 e. The Hall–Kier alpha value is -3.45. The molecule has 2 aliphatic heterocycles. The average molecular weight is 572 g/mol. The first-order chi connectivity index (χ1) is 19.4. The lowest BCUT2D eigenvalue weighted by molar-refractivity contribution is 0.0209. The minimum atomic E-state index is -0.755. The van der Waals surface area contributed by atoms with E-state index in [0.29, 0.717) is 61.1 Å². The van der Waals surface area contributed by atoms with Crippen molar-refractivity contribution in [3.63, 3.8) is 0 Å². The third kappa shape index (κ3) is 6.81. The number of aliphatic hydroxyl groups is 1. The van der Waals surface area contributed by atoms with Crippen LogP contribution in [0.5, 0.6) is 5.75 Å². The standard InChI is InChI=1S/C27H34ClN7O5/c1-3-34(2)27-32-22(8-24(33-27)31-18-13-38-14-18)26(37)30-9-19(36)12-35-7-6-21-17(11-35)4-5-23(25(21)28)39-15-20-10-29-16-40-20/h4-5,8,10,16,18-19,36H,3,6-7,9,11-15H2,1-2H3,(H,30,37)(H,31,32,33)/t19-/m0/s1. The Morgan fingerprint density at radius 2 is 2.20 bits per heavy atom. The van der Waals surface area contributed by atoms with Gasteiger partial charge in [0.15, 0.2) is 12.2 Å². The number of β-amino-alcohol motifs (C(OH)–C–C–N with tert-alkyl or cyclic N) is 1. The van der Waals surface area contributed by atoms with Crippen LogP contribution in [0.4, 0.5) is 11.8 Å². The predicted octanol–water partition coefficient (Wildman–Crippen LogP) is 2.11. The second-order valence-electron chi connectivity index (χ2n) is 9.95. The first kappa shape index (κ1) is 28.1. The number of aromatic nitrogens is 3. The molecule has 13 heteroatoms. The van der Waals surface area contributed by atoms with Gasteiger partial charge in [-0.25, -0.2) is 9.97 Å². The van der Waals surface area contributed by atoms with Gasteiger partial charge in [-0.05, 0) is 30.5 Å². The monoisotopic (exact) mass is 571 g/mol. The molecule has 1 saturated heterocycles. The number of anilines is 2. The van der Waals surface area contributed by atoms with Gasteiger partial charge in [-0.3, -0.25) is 9.69 Å². The maximum atomic E-state index is 13.0. The van der Waals surface area contributed by atoms with E-state index in [1.807, 2.05) is 31.0 Å². The quantitative estimate of drug-likeness (QED) is 0.294. The molecule has 5 rings (SSSR count). The van der Waals surface area contributed by atoms with Crippen LogP contribution in [0.1, 0.15) is 34.3 Å². The van der Waals surface area contributed by atoms with Crippen molar-refractivity contribution in [2.24, 2.45) is 0 Å². The fraction of sp³-hybridized carbons (Fsp3) is 0.481. The van der Waals surface area contributed by atoms with Crippen LogP contribution in [-0.2, 0) is 24.3 Å². The number of halogens is 1. The number of rotatable bonds is 12. The molecule has 0 bridgehead atoms. The SMILES string of the molecule is CCN(C)c1nc(NC2COC2)cc(C(=O)NC[C@H](O)CN2CCc3c(ccc(OCc4cnco4)c3Cl)C2)n1. The summed E-state index contributed by atoms with van der Waals surface area (Å²) in [6, 6.07) is 5.64. The van der Waals surface area contributed by atoms with E-state index < -0.39 is 6.10 Å². The zero-order valence-electron chi connectivity index (χ0n) is 22.6. The van der Waals surface area contributed by atoms with Gasteiger partial charge in [0.05, 0.1) is 36.6 Å². The first-order valence-corrected chi connectivity index (χ1v) is 13.7. The second kappa shape index (κ2) is 12.8. The molecule has 3 aromatic rings. The Morgan fingerprint density at radius 3 is 2.92 bits per heavy atom. The van der Waals surface area contributed by atoms with E-state index in [4.69, 9.17) is 25.5 Å². The van der Waals surface area contributed by atoms with Gasteiger partial charge in [0.1, 0.15) is 23.9 Å². The molecule has 12 nitrogen and oxygen atoms in total. The van der Waals surface area contributed by atoms with E-state index >= 15 is 0 Å². The fourth-order valence-electron chi connectivity index (χ4n) is 4.51. The fourth-order valence-corrected chi connectivity index (χ4v) is 4.84. The normalized spacial score (nSPS) is 16.1. The van der Waals surface area contributed by atoms with Gasteiger partial charge in [0.25, 0.3) is 5.91 Å². The number of oxazole rings is 1. The molecule has 1 fully saturated rings. The van der Waals surface area contributed by atoms with Crippen molar-refractivity contribution in [3.8, 4) is 5.75 Å². The molecule has 3 N–H and O–H groups in total. The molecule has 1 aromatic carbocycles. The number of amides is 1. The van der Waals surface area contributed by atoms with Crippen LogP contribution in [0.2, 0.25) is 5.02 Å². The van der Waals surface area contributed by atoms with Crippen molar-refractivity contribution in [1.82, 2.24) is 25.2 Å². The Morgan fingerprint density at radius 1 is 1.35 bits per heavy atom. The van der Waals surface area contributed by atoms with Gasteiger partial charge in [-0.15, -0.1) is 0 Å². The highest BCUT2D eigenvalue weighted by molar-refractivity contribution is 6.33. The van der Waals surface area contributed by atoms with E-state index in [0.717, 1.165) is 24.1 Å². The molecular weight excluding hydrogens is 538 g/mol. The van der Waals surface area contributed by atoms with Crippen LogP contribution < -0.4 is 20.3 Å². The Balaban J connectivity index is 1.14. The van der Waals surface area contributed by atoms with Gasteiger partial charge >= 0.3 is 0 Å². The number of nitrogens with zero attached hydrogens (tertiary/aromatic N) is 5. The van der Waals surface area contributed by atoms with Gasteiger partial charge in [0.2, 0.25) is 5.95 Å². The summed E-state index contributed by atoms with van der Waals surface area (Å²) in [6.45, 7) is 5.99. The molecule has 4 heterocycles. The predicted molar refractivity (Wildman–Crippen MR) is 149 cm³/mol. The molecule has 214 valence electrons. The molecule has 0 radical (unpaired) electrons. The van der Waals surface area contributed by atoms with Crippen molar-refractivity contribution in [2.45, 2.75) is 38.6 Å². The number of benzene rings is 1. The number of carbonyl (C=O) groups is 1. The minimum absolute atomic E-state index is 0.0968. The zero-order chi connectivity index (χ0) is 28.1. The van der Waals surface area contributed by atoms with Crippen molar-refractivity contribution in [1.29, 1.82) is 0 Å². The summed E-state index contributed by atoms with van der Waals surface area (Å²) in [5.74, 6) is 1.88. The van der Waals surface area contributed by atoms with Crippen molar-refractivity contribution < 1.29 is 23.8 Å². The van der Waals surface area contributed by atoms with Gasteiger partial charge in [-0.2, -0.15) is 4.98 Å². The smallest absolute Gasteiger partial charge is 0.270 e. The largest absolute Gasteiger partial charge is 0.484 e. The lowest BCUT2D eigenvalue weighted by Crippen LogP contribution is -2.42. The molecule has 40 heavy (non-hydrogen) atoms. The number of carbonyl (C=O) groups excluding carboxylic acids is 1. The number of ether oxygens (including phenoxy) is 2. The summed E-state index contributed by atoms with van der Waals surface area (Å²) >= 11 is 6.64. The van der Waals surface area contributed by atoms with Crippen LogP contribution in [-0.4, -0.2) is 89.5 Å². The first-order valence-electron chi connectivity index (χ1n) is 13.3. The van der Waals surface area contributed by atoms with Crippen LogP contribution in [0.3, 0.4) is 0 Å². The summed E-state index contributed by atoms with van der Waals surface area (Å²) in [6.07, 6.45) is 2.94. The third-order valence-electron chi connectivity index (χ3n) is 6.95. The Kier molecular flexibility index (Phi) is 9.00. The van der Waals surface area contributed by atoms with E-state index in [1.54, 1.807) is 12.3 Å². The molecule has 2 aromatic heterocycles. The lowest BCUT2D eigenvalue weighted by Gasteiger charge is -2.31. The minimum Gasteiger partial charge on any atom is -0.484 e. The van der Waals surface area contributed by atoms with Gasteiger partial charge in [0, 0.05) is 45.8 Å². The van der Waals surface area contributed by atoms with Crippen molar-refractivity contribution in [2.75, 3.05) is 56.7 Å². The number of aliphatic hydroxyl groups excluding tert-OH is 1. The van der Waals surface area contributed by atoms with Crippen LogP contribution in [0.25, 0.3) is 0 Å². The molecule has 0 aliphatic carbocycles. The number of hydrogen-bond acceptors (Lipinski definition) is 11. The van der Waals surface area contributed by atoms with Crippen LogP contribution in [0.15, 0.2) is 35.2 Å². The molecule has 0 spiro atoms. The van der Waals surface area contributed by atoms with E-state index in [-0.39, 0.29) is 30.8 Å². The molecular formula is C27H34ClN7O5. The summed E-state index contributed by atoms with van der Waals surface area (Å²) < 4.78 is 16.2. The number of fused-ring (bicyclic) bond motifs is 1. The van der Waals surface area contributed by atoms with Gasteiger partial charge < -0.3 is 34.5 Å². The van der Waals surface area contributed by atoms with E-state index in [1.165, 1.54) is 6.39 Å². The van der Waals surface area contributed by atoms with E-state index in [9.17, 15) is 9.90 Å². The van der Waals surface area contributed by atoms with Crippen molar-refractivity contribution >= 4 is 29.3 Å². The molecule has 0 unspecified atom stereocenters.